The predicted molar refractivity (Wildman–Crippen MR) is 88.5 cm³/mol. The maximum Gasteiger partial charge on any atom is 0.436 e. The number of halogens is 1. The third-order valence-electron chi connectivity index (χ3n) is 3.76. The number of carbonyl (C=O) groups excluding carboxylic acids is 1. The Hall–Kier alpha value is -1.49. The van der Waals surface area contributed by atoms with E-state index in [1.165, 1.54) is 6.20 Å². The maximum atomic E-state index is 12.0. The molecule has 146 valence electrons. The molecule has 1 aliphatic heterocycles. The molecule has 4 atom stereocenters. The molecule has 13 heteroatoms. The van der Waals surface area contributed by atoms with Crippen LogP contribution in [0.2, 0.25) is 0 Å². The van der Waals surface area contributed by atoms with Crippen LogP contribution in [0.25, 0.3) is 0 Å². The first kappa shape index (κ1) is 20.8. The van der Waals surface area contributed by atoms with E-state index in [2.05, 4.69) is 9.72 Å². The van der Waals surface area contributed by atoms with E-state index in [-0.39, 0.29) is 24.3 Å². The zero-order valence-corrected chi connectivity index (χ0v) is 15.3. The molecule has 0 radical (unpaired) electrons. The number of methoxy groups -OCH3 is 1. The minimum atomic E-state index is -4.76. The number of nitrogens with one attached hydrogen (secondary N) is 1. The van der Waals surface area contributed by atoms with Gasteiger partial charge in [-0.25, -0.2) is 14.2 Å². The molecule has 26 heavy (non-hydrogen) atoms. The Morgan fingerprint density at radius 2 is 2.23 bits per heavy atom. The molecule has 0 aliphatic carbocycles. The average Bonchev–Trinajstić information content (AvgIpc) is 2.98. The zero-order valence-electron chi connectivity index (χ0n) is 13.7. The quantitative estimate of drug-likeness (QED) is 0.412. The fourth-order valence-corrected chi connectivity index (χ4v) is 3.62. The summed E-state index contributed by atoms with van der Waals surface area (Å²) in [6.45, 7) is -0.588. The lowest BCUT2D eigenvalue weighted by molar-refractivity contribution is -0.0431. The van der Waals surface area contributed by atoms with Gasteiger partial charge in [0.1, 0.15) is 18.4 Å². The second-order valence-electron chi connectivity index (χ2n) is 5.44. The van der Waals surface area contributed by atoms with Gasteiger partial charge in [0, 0.05) is 24.1 Å². The first-order valence-corrected chi connectivity index (χ1v) is 9.61. The Balaban J connectivity index is 2.27. The molecule has 3 N–H and O–H groups in total. The molecular formula is C13H18ClN2O9P. The zero-order chi connectivity index (χ0) is 19.5. The van der Waals surface area contributed by atoms with Crippen molar-refractivity contribution in [3.05, 3.63) is 32.6 Å². The summed E-state index contributed by atoms with van der Waals surface area (Å²) in [5.74, 6) is 0.157. The normalized spacial score (nSPS) is 25.0. The van der Waals surface area contributed by atoms with Crippen LogP contribution >= 0.6 is 19.2 Å². The van der Waals surface area contributed by atoms with Gasteiger partial charge in [-0.05, 0) is 6.42 Å². The molecule has 1 aliphatic rings. The molecule has 1 saturated heterocycles. The summed E-state index contributed by atoms with van der Waals surface area (Å²) in [6, 6.07) is 0. The first-order chi connectivity index (χ1) is 12.2. The van der Waals surface area contributed by atoms with E-state index in [0.29, 0.717) is 0 Å². The number of nitrogens with zero attached hydrogens (tertiary/aromatic N) is 1. The summed E-state index contributed by atoms with van der Waals surface area (Å²) in [5.41, 5.74) is -2.56. The molecule has 0 bridgehead atoms. The fraction of sp³-hybridized carbons (Fsp3) is 0.615. The highest BCUT2D eigenvalue weighted by molar-refractivity contribution is 7.70. The minimum Gasteiger partial charge on any atom is -0.460 e. The van der Waals surface area contributed by atoms with Crippen molar-refractivity contribution >= 4 is 24.9 Å². The van der Waals surface area contributed by atoms with E-state index in [9.17, 15) is 28.9 Å². The smallest absolute Gasteiger partial charge is 0.436 e. The molecular weight excluding hydrogens is 395 g/mol. The Morgan fingerprint density at radius 3 is 2.81 bits per heavy atom. The number of alkyl halides is 1. The molecule has 0 saturated carbocycles. The SMILES string of the molecule is COC(=O)P(=O)(O)O[C@H]1C[C@H](n2cc(CCCl)c(=O)[nH]c2=O)O[C@@H]1CO. The van der Waals surface area contributed by atoms with Crippen molar-refractivity contribution in [3.8, 4) is 0 Å². The number of aliphatic hydroxyl groups excluding tert-OH is 1. The molecule has 2 rings (SSSR count). The Labute approximate surface area is 152 Å². The summed E-state index contributed by atoms with van der Waals surface area (Å²) < 4.78 is 27.5. The lowest BCUT2D eigenvalue weighted by Gasteiger charge is -2.18. The van der Waals surface area contributed by atoms with E-state index in [4.69, 9.17) is 20.9 Å². The van der Waals surface area contributed by atoms with Gasteiger partial charge in [-0.15, -0.1) is 11.6 Å². The summed E-state index contributed by atoms with van der Waals surface area (Å²) >= 11 is 5.62. The standard InChI is InChI=1S/C13H18ClN2O9P/c1-23-13(20)26(21,22)25-8-4-10(24-9(8)6-17)16-5-7(2-3-14)11(18)15-12(16)19/h5,8-10,17H,2-4,6H2,1H3,(H,21,22)(H,15,18,19)/t8-,9+,10+/m0/s1. The van der Waals surface area contributed by atoms with Gasteiger partial charge < -0.3 is 19.5 Å². The maximum absolute atomic E-state index is 12.0. The number of aryl methyl sites for hydroxylation is 1. The van der Waals surface area contributed by atoms with Crippen LogP contribution in [0, 0.1) is 0 Å². The number of hydrogen-bond donors (Lipinski definition) is 3. The molecule has 1 aromatic heterocycles. The number of ether oxygens (including phenoxy) is 2. The van der Waals surface area contributed by atoms with E-state index in [0.717, 1.165) is 11.7 Å². The number of aromatic nitrogens is 2. The largest absolute Gasteiger partial charge is 0.460 e. The van der Waals surface area contributed by atoms with E-state index in [1.54, 1.807) is 0 Å². The third-order valence-corrected chi connectivity index (χ3v) is 5.15. The van der Waals surface area contributed by atoms with Gasteiger partial charge in [-0.1, -0.05) is 0 Å². The molecule has 11 nitrogen and oxygen atoms in total. The molecule has 0 spiro atoms. The van der Waals surface area contributed by atoms with Crippen LogP contribution in [0.5, 0.6) is 0 Å². The van der Waals surface area contributed by atoms with Crippen molar-refractivity contribution in [1.82, 2.24) is 9.55 Å². The summed E-state index contributed by atoms with van der Waals surface area (Å²) in [7, 11) is -3.84. The number of aliphatic hydroxyl groups is 1. The van der Waals surface area contributed by atoms with Crippen molar-refractivity contribution in [1.29, 1.82) is 0 Å². The topological polar surface area (TPSA) is 157 Å². The average molecular weight is 413 g/mol. The molecule has 0 aromatic carbocycles. The molecule has 1 aromatic rings. The monoisotopic (exact) mass is 412 g/mol. The number of H-pyrrole nitrogens is 1. The van der Waals surface area contributed by atoms with Crippen LogP contribution in [0.1, 0.15) is 18.2 Å². The fourth-order valence-electron chi connectivity index (χ4n) is 2.51. The van der Waals surface area contributed by atoms with Crippen LogP contribution in [0.3, 0.4) is 0 Å². The van der Waals surface area contributed by atoms with Crippen LogP contribution in [-0.2, 0) is 25.0 Å². The van der Waals surface area contributed by atoms with Gasteiger partial charge >= 0.3 is 19.0 Å². The number of aromatic amines is 1. The number of rotatable bonds is 7. The van der Waals surface area contributed by atoms with E-state index >= 15 is 0 Å². The van der Waals surface area contributed by atoms with Gasteiger partial charge in [0.25, 0.3) is 5.56 Å². The van der Waals surface area contributed by atoms with Crippen molar-refractivity contribution in [2.45, 2.75) is 31.3 Å². The summed E-state index contributed by atoms with van der Waals surface area (Å²) in [5, 5.41) is 9.39. The summed E-state index contributed by atoms with van der Waals surface area (Å²) in [6.07, 6.45) is -1.87. The molecule has 0 amide bonds. The second kappa shape index (κ2) is 8.47. The van der Waals surface area contributed by atoms with Crippen LogP contribution in [0.4, 0.5) is 4.79 Å². The van der Waals surface area contributed by atoms with Crippen LogP contribution in [-0.4, -0.2) is 57.1 Å². The van der Waals surface area contributed by atoms with Gasteiger partial charge in [0.05, 0.1) is 13.7 Å². The lowest BCUT2D eigenvalue weighted by atomic mass is 10.2. The second-order valence-corrected chi connectivity index (χ2v) is 7.44. The van der Waals surface area contributed by atoms with Crippen molar-refractivity contribution in [2.75, 3.05) is 19.6 Å². The van der Waals surface area contributed by atoms with E-state index < -0.39 is 49.6 Å². The number of hydrogen-bond acceptors (Lipinski definition) is 8. The minimum absolute atomic E-state index is 0.126. The van der Waals surface area contributed by atoms with Crippen molar-refractivity contribution < 1.29 is 33.4 Å². The van der Waals surface area contributed by atoms with Crippen molar-refractivity contribution in [2.24, 2.45) is 0 Å². The van der Waals surface area contributed by atoms with E-state index in [1.807, 2.05) is 0 Å². The van der Waals surface area contributed by atoms with Gasteiger partial charge in [-0.2, -0.15) is 0 Å². The Bertz CT molecular complexity index is 823. The third kappa shape index (κ3) is 4.43. The van der Waals surface area contributed by atoms with Gasteiger partial charge in [0.2, 0.25) is 0 Å². The molecule has 1 unspecified atom stereocenters. The first-order valence-electron chi connectivity index (χ1n) is 7.49. The highest BCUT2D eigenvalue weighted by atomic mass is 35.5. The predicted octanol–water partition coefficient (Wildman–Crippen LogP) is -0.0653. The molecule has 1 fully saturated rings. The lowest BCUT2D eigenvalue weighted by Crippen LogP contribution is -2.34. The van der Waals surface area contributed by atoms with Crippen LogP contribution in [0.15, 0.2) is 15.8 Å². The number of carbonyl (C=O) groups is 1. The Morgan fingerprint density at radius 1 is 1.54 bits per heavy atom. The highest BCUT2D eigenvalue weighted by Gasteiger charge is 2.44. The summed E-state index contributed by atoms with van der Waals surface area (Å²) in [4.78, 5) is 46.8. The van der Waals surface area contributed by atoms with Gasteiger partial charge in [0.15, 0.2) is 0 Å². The highest BCUT2D eigenvalue weighted by Crippen LogP contribution is 2.48. The van der Waals surface area contributed by atoms with Crippen LogP contribution < -0.4 is 11.2 Å². The molecule has 2 heterocycles. The Kier molecular flexibility index (Phi) is 6.78. The van der Waals surface area contributed by atoms with Crippen molar-refractivity contribution in [3.63, 3.8) is 0 Å². The van der Waals surface area contributed by atoms with Gasteiger partial charge in [-0.3, -0.25) is 18.9 Å².